The molecular formula is C17H28N2S. The average molecular weight is 292 g/mol. The van der Waals surface area contributed by atoms with Crippen LogP contribution in [-0.2, 0) is 6.54 Å². The van der Waals surface area contributed by atoms with Gasteiger partial charge in [0.2, 0.25) is 0 Å². The number of likely N-dealkylation sites (tertiary alicyclic amines) is 1. The molecule has 0 amide bonds. The first-order valence-electron chi connectivity index (χ1n) is 7.53. The van der Waals surface area contributed by atoms with Gasteiger partial charge in [0.15, 0.2) is 0 Å². The smallest absolute Gasteiger partial charge is 0.0260 e. The van der Waals surface area contributed by atoms with Crippen LogP contribution in [0.5, 0.6) is 0 Å². The lowest BCUT2D eigenvalue weighted by atomic mass is 9.91. The van der Waals surface area contributed by atoms with Crippen LogP contribution >= 0.6 is 11.8 Å². The van der Waals surface area contributed by atoms with E-state index in [1.807, 2.05) is 11.8 Å². The fourth-order valence-corrected chi connectivity index (χ4v) is 3.91. The van der Waals surface area contributed by atoms with Gasteiger partial charge in [-0.3, -0.25) is 4.90 Å². The molecule has 1 aromatic carbocycles. The van der Waals surface area contributed by atoms with E-state index in [0.717, 1.165) is 18.4 Å². The Morgan fingerprint density at radius 3 is 2.50 bits per heavy atom. The van der Waals surface area contributed by atoms with Crippen LogP contribution in [0.2, 0.25) is 0 Å². The summed E-state index contributed by atoms with van der Waals surface area (Å²) in [5.41, 5.74) is 1.47. The SMILES string of the molecule is CSc1ccccc1CN1C[C@@H](N(C)C)[C@H](C(C)C)C1. The summed E-state index contributed by atoms with van der Waals surface area (Å²) in [6.07, 6.45) is 2.17. The minimum atomic E-state index is 0.691. The Balaban J connectivity index is 2.08. The Morgan fingerprint density at radius 2 is 1.95 bits per heavy atom. The first kappa shape index (κ1) is 15.9. The number of nitrogens with zero attached hydrogens (tertiary/aromatic N) is 2. The Labute approximate surface area is 128 Å². The van der Waals surface area contributed by atoms with E-state index in [1.165, 1.54) is 23.5 Å². The highest BCUT2D eigenvalue weighted by atomic mass is 32.2. The van der Waals surface area contributed by atoms with Gasteiger partial charge in [0.05, 0.1) is 0 Å². The van der Waals surface area contributed by atoms with Crippen molar-refractivity contribution in [2.24, 2.45) is 11.8 Å². The van der Waals surface area contributed by atoms with Crippen LogP contribution in [0.25, 0.3) is 0 Å². The molecule has 2 nitrogen and oxygen atoms in total. The Morgan fingerprint density at radius 1 is 1.25 bits per heavy atom. The van der Waals surface area contributed by atoms with Crippen molar-refractivity contribution in [3.05, 3.63) is 29.8 Å². The fraction of sp³-hybridized carbons (Fsp3) is 0.647. The molecule has 0 N–H and O–H groups in total. The van der Waals surface area contributed by atoms with Crippen LogP contribution in [0.4, 0.5) is 0 Å². The normalized spacial score (nSPS) is 23.9. The lowest BCUT2D eigenvalue weighted by Crippen LogP contribution is -2.37. The van der Waals surface area contributed by atoms with Crippen molar-refractivity contribution in [2.75, 3.05) is 33.4 Å². The third-order valence-corrected chi connectivity index (χ3v) is 5.35. The van der Waals surface area contributed by atoms with Crippen molar-refractivity contribution in [3.63, 3.8) is 0 Å². The highest BCUT2D eigenvalue weighted by Gasteiger charge is 2.35. The summed E-state index contributed by atoms with van der Waals surface area (Å²) in [5, 5.41) is 0. The van der Waals surface area contributed by atoms with Crippen molar-refractivity contribution in [2.45, 2.75) is 31.3 Å². The van der Waals surface area contributed by atoms with Gasteiger partial charge in [-0.15, -0.1) is 11.8 Å². The molecular weight excluding hydrogens is 264 g/mol. The van der Waals surface area contributed by atoms with Crippen LogP contribution in [0.1, 0.15) is 19.4 Å². The molecule has 3 heteroatoms. The molecule has 0 radical (unpaired) electrons. The molecule has 0 spiro atoms. The van der Waals surface area contributed by atoms with Crippen molar-refractivity contribution in [1.82, 2.24) is 9.80 Å². The summed E-state index contributed by atoms with van der Waals surface area (Å²) in [5.74, 6) is 1.54. The summed E-state index contributed by atoms with van der Waals surface area (Å²) < 4.78 is 0. The maximum absolute atomic E-state index is 2.63. The van der Waals surface area contributed by atoms with E-state index in [9.17, 15) is 0 Å². The standard InChI is InChI=1S/C17H28N2S/c1-13(2)15-11-19(12-16(15)18(3)4)10-14-8-6-7-9-17(14)20-5/h6-9,13,15-16H,10-12H2,1-5H3/t15-,16+/m0/s1. The minimum absolute atomic E-state index is 0.691. The molecule has 0 bridgehead atoms. The van der Waals surface area contributed by atoms with Crippen LogP contribution in [0.3, 0.4) is 0 Å². The van der Waals surface area contributed by atoms with Gasteiger partial charge in [0.25, 0.3) is 0 Å². The summed E-state index contributed by atoms with van der Waals surface area (Å²) in [6.45, 7) is 8.23. The van der Waals surface area contributed by atoms with E-state index >= 15 is 0 Å². The van der Waals surface area contributed by atoms with Gasteiger partial charge in [0.1, 0.15) is 0 Å². The number of hydrogen-bond acceptors (Lipinski definition) is 3. The number of thioether (sulfide) groups is 1. The predicted molar refractivity (Wildman–Crippen MR) is 89.3 cm³/mol. The Hall–Kier alpha value is -0.510. The summed E-state index contributed by atoms with van der Waals surface area (Å²) in [7, 11) is 4.44. The van der Waals surface area contributed by atoms with Crippen molar-refractivity contribution >= 4 is 11.8 Å². The first-order valence-corrected chi connectivity index (χ1v) is 8.76. The molecule has 1 aliphatic rings. The predicted octanol–water partition coefficient (Wildman–Crippen LogP) is 3.43. The molecule has 2 rings (SSSR count). The highest BCUT2D eigenvalue weighted by molar-refractivity contribution is 7.98. The molecule has 1 fully saturated rings. The molecule has 20 heavy (non-hydrogen) atoms. The van der Waals surface area contributed by atoms with E-state index in [1.54, 1.807) is 0 Å². The van der Waals surface area contributed by atoms with Crippen molar-refractivity contribution in [3.8, 4) is 0 Å². The zero-order valence-electron chi connectivity index (χ0n) is 13.5. The minimum Gasteiger partial charge on any atom is -0.305 e. The van der Waals surface area contributed by atoms with Crippen LogP contribution in [-0.4, -0.2) is 49.3 Å². The maximum atomic E-state index is 2.63. The summed E-state index contributed by atoms with van der Waals surface area (Å²) >= 11 is 1.86. The quantitative estimate of drug-likeness (QED) is 0.768. The molecule has 2 atom stereocenters. The van der Waals surface area contributed by atoms with Gasteiger partial charge in [-0.05, 0) is 43.8 Å². The second-order valence-corrected chi connectivity index (χ2v) is 7.29. The zero-order valence-corrected chi connectivity index (χ0v) is 14.3. The number of likely N-dealkylation sites (N-methyl/N-ethyl adjacent to an activating group) is 1. The third kappa shape index (κ3) is 3.57. The molecule has 1 aromatic rings. The zero-order chi connectivity index (χ0) is 14.7. The van der Waals surface area contributed by atoms with Gasteiger partial charge >= 0.3 is 0 Å². The molecule has 1 saturated heterocycles. The van der Waals surface area contributed by atoms with Gasteiger partial charge in [-0.2, -0.15) is 0 Å². The second kappa shape index (κ2) is 6.97. The van der Waals surface area contributed by atoms with Crippen LogP contribution in [0.15, 0.2) is 29.2 Å². The second-order valence-electron chi connectivity index (χ2n) is 6.44. The maximum Gasteiger partial charge on any atom is 0.0260 e. The van der Waals surface area contributed by atoms with E-state index in [4.69, 9.17) is 0 Å². The Bertz CT molecular complexity index is 415. The average Bonchev–Trinajstić information content (AvgIpc) is 2.84. The van der Waals surface area contributed by atoms with E-state index in [2.05, 4.69) is 68.3 Å². The molecule has 0 unspecified atom stereocenters. The molecule has 1 heterocycles. The third-order valence-electron chi connectivity index (χ3n) is 4.51. The number of benzene rings is 1. The van der Waals surface area contributed by atoms with Crippen LogP contribution in [0, 0.1) is 11.8 Å². The molecule has 0 aliphatic carbocycles. The molecule has 0 aromatic heterocycles. The lowest BCUT2D eigenvalue weighted by molar-refractivity contribution is 0.215. The van der Waals surface area contributed by atoms with Crippen LogP contribution < -0.4 is 0 Å². The fourth-order valence-electron chi connectivity index (χ4n) is 3.30. The highest BCUT2D eigenvalue weighted by Crippen LogP contribution is 2.29. The summed E-state index contributed by atoms with van der Waals surface area (Å²) in [4.78, 5) is 6.46. The van der Waals surface area contributed by atoms with Gasteiger partial charge in [-0.25, -0.2) is 0 Å². The first-order chi connectivity index (χ1) is 9.52. The number of rotatable bonds is 5. The largest absolute Gasteiger partial charge is 0.305 e. The number of hydrogen-bond donors (Lipinski definition) is 0. The monoisotopic (exact) mass is 292 g/mol. The molecule has 112 valence electrons. The molecule has 1 aliphatic heterocycles. The van der Waals surface area contributed by atoms with Gasteiger partial charge < -0.3 is 4.90 Å². The van der Waals surface area contributed by atoms with E-state index in [0.29, 0.717) is 6.04 Å². The van der Waals surface area contributed by atoms with Gasteiger partial charge in [0, 0.05) is 30.6 Å². The van der Waals surface area contributed by atoms with Crippen molar-refractivity contribution in [1.29, 1.82) is 0 Å². The van der Waals surface area contributed by atoms with Gasteiger partial charge in [-0.1, -0.05) is 32.0 Å². The van der Waals surface area contributed by atoms with Crippen molar-refractivity contribution < 1.29 is 0 Å². The van der Waals surface area contributed by atoms with E-state index < -0.39 is 0 Å². The topological polar surface area (TPSA) is 6.48 Å². The molecule has 0 saturated carbocycles. The lowest BCUT2D eigenvalue weighted by Gasteiger charge is -2.27. The van der Waals surface area contributed by atoms with E-state index in [-0.39, 0.29) is 0 Å². The Kier molecular flexibility index (Phi) is 5.53. The summed E-state index contributed by atoms with van der Waals surface area (Å²) in [6, 6.07) is 9.50.